The lowest BCUT2D eigenvalue weighted by atomic mass is 9.96. The number of carbonyl (C=O) groups is 1. The van der Waals surface area contributed by atoms with Crippen molar-refractivity contribution >= 4 is 21.8 Å². The van der Waals surface area contributed by atoms with Crippen molar-refractivity contribution in [3.05, 3.63) is 22.4 Å². The highest BCUT2D eigenvalue weighted by Crippen LogP contribution is 2.33. The zero-order chi connectivity index (χ0) is 15.6. The number of nitrogens with zero attached hydrogens (tertiary/aromatic N) is 2. The number of hydrogen-bond donors (Lipinski definition) is 1. The first kappa shape index (κ1) is 16.6. The third-order valence-electron chi connectivity index (χ3n) is 4.67. The van der Waals surface area contributed by atoms with Gasteiger partial charge in [-0.25, -0.2) is 0 Å². The molecule has 0 radical (unpaired) electrons. The van der Waals surface area contributed by atoms with Crippen molar-refractivity contribution in [3.63, 3.8) is 0 Å². The maximum absolute atomic E-state index is 12.5. The van der Waals surface area contributed by atoms with Crippen LogP contribution < -0.4 is 5.32 Å². The van der Waals surface area contributed by atoms with E-state index in [4.69, 9.17) is 0 Å². The zero-order valence-electron chi connectivity index (χ0n) is 13.4. The number of halogens is 1. The van der Waals surface area contributed by atoms with Crippen molar-refractivity contribution in [2.45, 2.75) is 51.1 Å². The van der Waals surface area contributed by atoms with E-state index in [1.165, 1.54) is 12.8 Å². The van der Waals surface area contributed by atoms with Crippen molar-refractivity contribution in [2.75, 3.05) is 20.6 Å². The van der Waals surface area contributed by atoms with E-state index < -0.39 is 0 Å². The lowest BCUT2D eigenvalue weighted by molar-refractivity contribution is 0.0889. The zero-order valence-corrected chi connectivity index (χ0v) is 15.0. The summed E-state index contributed by atoms with van der Waals surface area (Å²) in [5.74, 6) is 0.0162. The molecule has 0 aliphatic heterocycles. The van der Waals surface area contributed by atoms with E-state index in [1.807, 2.05) is 16.8 Å². The maximum atomic E-state index is 12.5. The Morgan fingerprint density at radius 1 is 1.43 bits per heavy atom. The minimum atomic E-state index is 0.0162. The molecule has 1 amide bonds. The van der Waals surface area contributed by atoms with Crippen LogP contribution in [0.2, 0.25) is 0 Å². The molecule has 1 fully saturated rings. The van der Waals surface area contributed by atoms with E-state index in [0.29, 0.717) is 0 Å². The Hall–Kier alpha value is -0.810. The quantitative estimate of drug-likeness (QED) is 0.878. The lowest BCUT2D eigenvalue weighted by Crippen LogP contribution is -2.51. The summed E-state index contributed by atoms with van der Waals surface area (Å²) in [4.78, 5) is 14.8. The molecular weight excluding hydrogens is 330 g/mol. The van der Waals surface area contributed by atoms with Gasteiger partial charge in [0.1, 0.15) is 5.69 Å². The van der Waals surface area contributed by atoms with Crippen LogP contribution in [0, 0.1) is 0 Å². The van der Waals surface area contributed by atoms with Crippen molar-refractivity contribution in [1.82, 2.24) is 14.8 Å². The van der Waals surface area contributed by atoms with Gasteiger partial charge in [0.05, 0.1) is 0 Å². The fraction of sp³-hybridized carbons (Fsp3) is 0.688. The predicted molar refractivity (Wildman–Crippen MR) is 89.7 cm³/mol. The van der Waals surface area contributed by atoms with Crippen molar-refractivity contribution in [2.24, 2.45) is 0 Å². The number of likely N-dealkylation sites (N-methyl/N-ethyl adjacent to an activating group) is 1. The molecule has 0 unspecified atom stereocenters. The molecule has 1 heterocycles. The minimum Gasteiger partial charge on any atom is -0.349 e. The summed E-state index contributed by atoms with van der Waals surface area (Å²) in [6.45, 7) is 4.89. The van der Waals surface area contributed by atoms with Gasteiger partial charge in [0, 0.05) is 28.8 Å². The summed E-state index contributed by atoms with van der Waals surface area (Å²) in [6.07, 6.45) is 6.80. The van der Waals surface area contributed by atoms with E-state index >= 15 is 0 Å². The molecule has 118 valence electrons. The van der Waals surface area contributed by atoms with Crippen LogP contribution >= 0.6 is 15.9 Å². The average molecular weight is 356 g/mol. The molecule has 5 heteroatoms. The maximum Gasteiger partial charge on any atom is 0.268 e. The molecule has 1 aliphatic rings. The number of carbonyl (C=O) groups excluding carboxylic acids is 1. The molecule has 0 atom stereocenters. The summed E-state index contributed by atoms with van der Waals surface area (Å²) >= 11 is 3.46. The van der Waals surface area contributed by atoms with Crippen molar-refractivity contribution in [3.8, 4) is 0 Å². The molecule has 0 bridgehead atoms. The number of nitrogens with one attached hydrogen (secondary N) is 1. The Morgan fingerprint density at radius 3 is 2.57 bits per heavy atom. The van der Waals surface area contributed by atoms with Gasteiger partial charge in [-0.05, 0) is 62.8 Å². The molecule has 2 rings (SSSR count). The van der Waals surface area contributed by atoms with Gasteiger partial charge >= 0.3 is 0 Å². The van der Waals surface area contributed by atoms with E-state index in [-0.39, 0.29) is 17.5 Å². The first-order chi connectivity index (χ1) is 9.85. The second-order valence-corrected chi connectivity index (χ2v) is 7.47. The fourth-order valence-corrected chi connectivity index (χ4v) is 3.64. The predicted octanol–water partition coefficient (Wildman–Crippen LogP) is 3.44. The number of hydrogen-bond acceptors (Lipinski definition) is 2. The Morgan fingerprint density at radius 2 is 2.05 bits per heavy atom. The van der Waals surface area contributed by atoms with Crippen LogP contribution in [0.4, 0.5) is 0 Å². The standard InChI is InChI=1S/C16H26BrN3O/c1-12(2)20-10-13(17)9-14(20)15(21)18-11-16(19(3)4)7-5-6-8-16/h9-10,12H,5-8,11H2,1-4H3,(H,18,21). The van der Waals surface area contributed by atoms with E-state index in [0.717, 1.165) is 29.6 Å². The van der Waals surface area contributed by atoms with Crippen molar-refractivity contribution in [1.29, 1.82) is 0 Å². The summed E-state index contributed by atoms with van der Waals surface area (Å²) < 4.78 is 2.96. The van der Waals surface area contributed by atoms with Gasteiger partial charge in [0.2, 0.25) is 0 Å². The molecule has 21 heavy (non-hydrogen) atoms. The van der Waals surface area contributed by atoms with Crippen LogP contribution in [0.3, 0.4) is 0 Å². The first-order valence-corrected chi connectivity index (χ1v) is 8.48. The largest absolute Gasteiger partial charge is 0.349 e. The van der Waals surface area contributed by atoms with Crippen LogP contribution in [-0.4, -0.2) is 41.6 Å². The summed E-state index contributed by atoms with van der Waals surface area (Å²) in [5, 5.41) is 3.15. The molecule has 1 aromatic rings. The van der Waals surface area contributed by atoms with Gasteiger partial charge in [0.15, 0.2) is 0 Å². The highest BCUT2D eigenvalue weighted by molar-refractivity contribution is 9.10. The molecule has 1 N–H and O–H groups in total. The first-order valence-electron chi connectivity index (χ1n) is 7.69. The summed E-state index contributed by atoms with van der Waals surface area (Å²) in [5.41, 5.74) is 0.853. The van der Waals surface area contributed by atoms with E-state index in [9.17, 15) is 4.79 Å². The Kier molecular flexibility index (Phi) is 5.15. The Balaban J connectivity index is 2.08. The van der Waals surface area contributed by atoms with Gasteiger partial charge in [-0.2, -0.15) is 0 Å². The fourth-order valence-electron chi connectivity index (χ4n) is 3.21. The smallest absolute Gasteiger partial charge is 0.268 e. The Bertz CT molecular complexity index is 502. The molecule has 1 saturated carbocycles. The Labute approximate surface area is 136 Å². The number of amides is 1. The average Bonchev–Trinajstić information content (AvgIpc) is 3.03. The van der Waals surface area contributed by atoms with Gasteiger partial charge in [-0.1, -0.05) is 12.8 Å². The third kappa shape index (κ3) is 3.51. The summed E-state index contributed by atoms with van der Waals surface area (Å²) in [6, 6.07) is 2.16. The molecule has 1 aromatic heterocycles. The highest BCUT2D eigenvalue weighted by atomic mass is 79.9. The SMILES string of the molecule is CC(C)n1cc(Br)cc1C(=O)NCC1(N(C)C)CCCC1. The van der Waals surface area contributed by atoms with E-state index in [2.05, 4.69) is 54.1 Å². The summed E-state index contributed by atoms with van der Waals surface area (Å²) in [7, 11) is 4.23. The van der Waals surface area contributed by atoms with Crippen molar-refractivity contribution < 1.29 is 4.79 Å². The molecule has 0 spiro atoms. The molecule has 4 nitrogen and oxygen atoms in total. The topological polar surface area (TPSA) is 37.3 Å². The molecule has 0 aromatic carbocycles. The van der Waals surface area contributed by atoms with Gasteiger partial charge in [0.25, 0.3) is 5.91 Å². The normalized spacial score (nSPS) is 17.7. The van der Waals surface area contributed by atoms with Crippen LogP contribution in [0.25, 0.3) is 0 Å². The van der Waals surface area contributed by atoms with Gasteiger partial charge in [-0.15, -0.1) is 0 Å². The van der Waals surface area contributed by atoms with Gasteiger partial charge in [-0.3, -0.25) is 4.79 Å². The monoisotopic (exact) mass is 355 g/mol. The molecule has 1 aliphatic carbocycles. The van der Waals surface area contributed by atoms with Crippen LogP contribution in [0.15, 0.2) is 16.7 Å². The number of aromatic nitrogens is 1. The van der Waals surface area contributed by atoms with Gasteiger partial charge < -0.3 is 14.8 Å². The highest BCUT2D eigenvalue weighted by Gasteiger charge is 2.36. The van der Waals surface area contributed by atoms with Crippen LogP contribution in [0.1, 0.15) is 56.1 Å². The van der Waals surface area contributed by atoms with Crippen LogP contribution in [0.5, 0.6) is 0 Å². The van der Waals surface area contributed by atoms with Crippen LogP contribution in [-0.2, 0) is 0 Å². The second-order valence-electron chi connectivity index (χ2n) is 6.55. The molecular formula is C16H26BrN3O. The molecule has 0 saturated heterocycles. The van der Waals surface area contributed by atoms with E-state index in [1.54, 1.807) is 0 Å². The minimum absolute atomic E-state index is 0.0162. The third-order valence-corrected chi connectivity index (χ3v) is 5.10. The number of rotatable bonds is 5. The second kappa shape index (κ2) is 6.53. The lowest BCUT2D eigenvalue weighted by Gasteiger charge is -2.36.